The number of amides is 2. The molecule has 2 fully saturated rings. The van der Waals surface area contributed by atoms with Gasteiger partial charge in [0.15, 0.2) is 0 Å². The van der Waals surface area contributed by atoms with E-state index in [9.17, 15) is 19.5 Å². The number of carboxylic acid groups (broad SMARTS) is 1. The van der Waals surface area contributed by atoms with E-state index in [2.05, 4.69) is 29.6 Å². The average molecular weight is 477 g/mol. The van der Waals surface area contributed by atoms with Gasteiger partial charge < -0.3 is 20.1 Å². The highest BCUT2D eigenvalue weighted by Crippen LogP contribution is 2.44. The van der Waals surface area contributed by atoms with E-state index in [4.69, 9.17) is 4.74 Å². The topological polar surface area (TPSA) is 95.9 Å². The Morgan fingerprint density at radius 1 is 1.03 bits per heavy atom. The van der Waals surface area contributed by atoms with Gasteiger partial charge in [0.25, 0.3) is 0 Å². The van der Waals surface area contributed by atoms with Crippen molar-refractivity contribution in [3.63, 3.8) is 0 Å². The van der Waals surface area contributed by atoms with E-state index in [1.165, 1.54) is 11.1 Å². The first-order valence-corrected chi connectivity index (χ1v) is 12.5. The minimum absolute atomic E-state index is 0.0183. The number of ether oxygens (including phenoxy) is 1. The lowest BCUT2D eigenvalue weighted by Crippen LogP contribution is -2.49. The van der Waals surface area contributed by atoms with Gasteiger partial charge in [-0.25, -0.2) is 4.79 Å². The summed E-state index contributed by atoms with van der Waals surface area (Å²) in [5, 5.41) is 12.5. The highest BCUT2D eigenvalue weighted by molar-refractivity contribution is 5.83. The Kier molecular flexibility index (Phi) is 6.26. The van der Waals surface area contributed by atoms with Crippen LogP contribution in [0.5, 0.6) is 0 Å². The maximum absolute atomic E-state index is 13.3. The first-order valence-electron chi connectivity index (χ1n) is 12.5. The second-order valence-corrected chi connectivity index (χ2v) is 10.3. The van der Waals surface area contributed by atoms with E-state index in [0.29, 0.717) is 25.8 Å². The van der Waals surface area contributed by atoms with Crippen LogP contribution in [0.4, 0.5) is 4.79 Å². The predicted molar refractivity (Wildman–Crippen MR) is 131 cm³/mol. The van der Waals surface area contributed by atoms with Crippen LogP contribution in [0.1, 0.15) is 56.1 Å². The first-order chi connectivity index (χ1) is 16.9. The van der Waals surface area contributed by atoms with Gasteiger partial charge in [-0.05, 0) is 48.4 Å². The fourth-order valence-corrected chi connectivity index (χ4v) is 5.95. The summed E-state index contributed by atoms with van der Waals surface area (Å²) in [7, 11) is 0. The Morgan fingerprint density at radius 3 is 2.29 bits per heavy atom. The summed E-state index contributed by atoms with van der Waals surface area (Å²) in [6.07, 6.45) is 3.20. The van der Waals surface area contributed by atoms with Gasteiger partial charge in [-0.1, -0.05) is 61.4 Å². The third kappa shape index (κ3) is 4.40. The molecule has 2 aliphatic carbocycles. The zero-order valence-corrected chi connectivity index (χ0v) is 20.0. The van der Waals surface area contributed by atoms with Crippen LogP contribution < -0.4 is 5.32 Å². The van der Waals surface area contributed by atoms with Gasteiger partial charge in [-0.2, -0.15) is 0 Å². The summed E-state index contributed by atoms with van der Waals surface area (Å²) in [6.45, 7) is 2.58. The van der Waals surface area contributed by atoms with E-state index in [1.54, 1.807) is 11.8 Å². The SMILES string of the molecule is CC1(C(=O)O)CCN(C(=O)[C@@H]2CCCC[C@@H]2NC(=O)OCC2c3ccccc3-c3ccccc32)C1. The molecule has 3 atom stereocenters. The van der Waals surface area contributed by atoms with Crippen molar-refractivity contribution in [2.75, 3.05) is 19.7 Å². The van der Waals surface area contributed by atoms with Gasteiger partial charge in [0.2, 0.25) is 5.91 Å². The number of nitrogens with one attached hydrogen (secondary N) is 1. The second-order valence-electron chi connectivity index (χ2n) is 10.3. The van der Waals surface area contributed by atoms with Crippen LogP contribution in [0.2, 0.25) is 0 Å². The highest BCUT2D eigenvalue weighted by atomic mass is 16.5. The summed E-state index contributed by atoms with van der Waals surface area (Å²) in [4.78, 5) is 39.4. The first kappa shape index (κ1) is 23.4. The number of hydrogen-bond donors (Lipinski definition) is 2. The van der Waals surface area contributed by atoms with Crippen molar-refractivity contribution in [1.29, 1.82) is 0 Å². The highest BCUT2D eigenvalue weighted by Gasteiger charge is 2.45. The van der Waals surface area contributed by atoms with E-state index in [-0.39, 0.29) is 36.9 Å². The number of carbonyl (C=O) groups excluding carboxylic acids is 2. The molecule has 7 heteroatoms. The van der Waals surface area contributed by atoms with Crippen molar-refractivity contribution >= 4 is 18.0 Å². The Balaban J connectivity index is 1.23. The number of hydrogen-bond acceptors (Lipinski definition) is 4. The van der Waals surface area contributed by atoms with Crippen LogP contribution in [0, 0.1) is 11.3 Å². The fourth-order valence-electron chi connectivity index (χ4n) is 5.95. The zero-order valence-electron chi connectivity index (χ0n) is 20.0. The molecule has 3 aliphatic rings. The average Bonchev–Trinajstić information content (AvgIpc) is 3.42. The van der Waals surface area contributed by atoms with E-state index in [1.807, 2.05) is 24.3 Å². The number of carboxylic acids is 1. The molecule has 1 heterocycles. The van der Waals surface area contributed by atoms with Crippen LogP contribution in [-0.2, 0) is 14.3 Å². The molecular formula is C28H32N2O5. The van der Waals surface area contributed by atoms with Gasteiger partial charge in [0, 0.05) is 25.0 Å². The standard InChI is InChI=1S/C28H32N2O5/c1-28(26(32)33)14-15-30(17-28)25(31)22-12-6-7-13-24(22)29-27(34)35-16-23-20-10-4-2-8-18(20)19-9-3-5-11-21(19)23/h2-5,8-11,22-24H,6-7,12-17H2,1H3,(H,29,34)(H,32,33)/t22-,24+,28?/m1/s1. The molecule has 1 saturated heterocycles. The van der Waals surface area contributed by atoms with Crippen LogP contribution >= 0.6 is 0 Å². The molecule has 1 aliphatic heterocycles. The Morgan fingerprint density at radius 2 is 1.66 bits per heavy atom. The number of carbonyl (C=O) groups is 3. The van der Waals surface area contributed by atoms with Crippen molar-refractivity contribution in [3.8, 4) is 11.1 Å². The number of aliphatic carboxylic acids is 1. The molecule has 2 aromatic carbocycles. The molecule has 2 aromatic rings. The van der Waals surface area contributed by atoms with Gasteiger partial charge in [-0.15, -0.1) is 0 Å². The monoisotopic (exact) mass is 476 g/mol. The van der Waals surface area contributed by atoms with Crippen molar-refractivity contribution in [2.45, 2.75) is 51.0 Å². The number of likely N-dealkylation sites (tertiary alicyclic amines) is 1. The normalized spacial score (nSPS) is 25.6. The number of fused-ring (bicyclic) bond motifs is 3. The van der Waals surface area contributed by atoms with Crippen LogP contribution in [0.15, 0.2) is 48.5 Å². The molecule has 1 unspecified atom stereocenters. The van der Waals surface area contributed by atoms with Crippen LogP contribution in [-0.4, -0.2) is 53.7 Å². The fraction of sp³-hybridized carbons (Fsp3) is 0.464. The molecule has 2 N–H and O–H groups in total. The van der Waals surface area contributed by atoms with Gasteiger partial charge in [0.05, 0.1) is 11.3 Å². The zero-order chi connectivity index (χ0) is 24.6. The summed E-state index contributed by atoms with van der Waals surface area (Å²) in [5.41, 5.74) is 3.76. The lowest BCUT2D eigenvalue weighted by molar-refractivity contribution is -0.147. The Labute approximate surface area is 205 Å². The number of rotatable bonds is 5. The van der Waals surface area contributed by atoms with Crippen molar-refractivity contribution < 1.29 is 24.2 Å². The van der Waals surface area contributed by atoms with Gasteiger partial charge >= 0.3 is 12.1 Å². The van der Waals surface area contributed by atoms with Gasteiger partial charge in [-0.3, -0.25) is 9.59 Å². The summed E-state index contributed by atoms with van der Waals surface area (Å²) >= 11 is 0. The maximum Gasteiger partial charge on any atom is 0.407 e. The van der Waals surface area contributed by atoms with E-state index >= 15 is 0 Å². The third-order valence-corrected chi connectivity index (χ3v) is 8.03. The molecule has 0 radical (unpaired) electrons. The van der Waals surface area contributed by atoms with Crippen molar-refractivity contribution in [3.05, 3.63) is 59.7 Å². The number of nitrogens with zero attached hydrogens (tertiary/aromatic N) is 1. The van der Waals surface area contributed by atoms with Gasteiger partial charge in [0.1, 0.15) is 6.61 Å². The quantitative estimate of drug-likeness (QED) is 0.667. The molecule has 0 bridgehead atoms. The Bertz CT molecular complexity index is 1100. The van der Waals surface area contributed by atoms with E-state index in [0.717, 1.165) is 24.0 Å². The Hall–Kier alpha value is -3.35. The minimum Gasteiger partial charge on any atom is -0.481 e. The lowest BCUT2D eigenvalue weighted by Gasteiger charge is -2.34. The molecule has 5 rings (SSSR count). The molecule has 0 spiro atoms. The molecular weight excluding hydrogens is 444 g/mol. The van der Waals surface area contributed by atoms with Crippen molar-refractivity contribution in [1.82, 2.24) is 10.2 Å². The molecule has 7 nitrogen and oxygen atoms in total. The molecule has 35 heavy (non-hydrogen) atoms. The number of benzene rings is 2. The molecule has 1 saturated carbocycles. The van der Waals surface area contributed by atoms with Crippen LogP contribution in [0.3, 0.4) is 0 Å². The smallest absolute Gasteiger partial charge is 0.407 e. The van der Waals surface area contributed by atoms with Crippen LogP contribution in [0.25, 0.3) is 11.1 Å². The largest absolute Gasteiger partial charge is 0.481 e. The summed E-state index contributed by atoms with van der Waals surface area (Å²) in [6, 6.07) is 16.1. The summed E-state index contributed by atoms with van der Waals surface area (Å²) in [5.74, 6) is -1.29. The molecule has 0 aromatic heterocycles. The third-order valence-electron chi connectivity index (χ3n) is 8.03. The molecule has 184 valence electrons. The minimum atomic E-state index is -0.903. The molecule has 2 amide bonds. The maximum atomic E-state index is 13.3. The lowest BCUT2D eigenvalue weighted by atomic mass is 9.83. The van der Waals surface area contributed by atoms with E-state index < -0.39 is 17.5 Å². The van der Waals surface area contributed by atoms with Crippen molar-refractivity contribution in [2.24, 2.45) is 11.3 Å². The second kappa shape index (κ2) is 9.36. The predicted octanol–water partition coefficient (Wildman–Crippen LogP) is 4.41. The number of alkyl carbamates (subject to hydrolysis) is 1. The summed E-state index contributed by atoms with van der Waals surface area (Å²) < 4.78 is 5.71.